The van der Waals surface area contributed by atoms with Gasteiger partial charge >= 0.3 is 0 Å². The van der Waals surface area contributed by atoms with Crippen LogP contribution < -0.4 is 0 Å². The van der Waals surface area contributed by atoms with E-state index in [4.69, 9.17) is 24.4 Å². The van der Waals surface area contributed by atoms with E-state index >= 15 is 0 Å². The van der Waals surface area contributed by atoms with Crippen LogP contribution in [-0.2, 0) is 0 Å². The van der Waals surface area contributed by atoms with Crippen LogP contribution in [0, 0.1) is 0 Å². The molecule has 8 aromatic carbocycles. The number of hydrogen-bond donors (Lipinski definition) is 0. The summed E-state index contributed by atoms with van der Waals surface area (Å²) in [4.78, 5) is 20.0. The first-order valence-electron chi connectivity index (χ1n) is 18.4. The number of nitrogens with zero attached hydrogens (tertiary/aromatic N) is 4. The van der Waals surface area contributed by atoms with Crippen molar-refractivity contribution in [2.45, 2.75) is 0 Å². The van der Waals surface area contributed by atoms with Crippen LogP contribution in [-0.4, -0.2) is 19.9 Å². The summed E-state index contributed by atoms with van der Waals surface area (Å²) in [6.45, 7) is 0. The topological polar surface area (TPSA) is 64.7 Å². The van der Waals surface area contributed by atoms with Gasteiger partial charge in [-0.1, -0.05) is 146 Å². The molecule has 0 spiro atoms. The van der Waals surface area contributed by atoms with Crippen LogP contribution in [0.25, 0.3) is 111 Å². The second-order valence-electron chi connectivity index (χ2n) is 13.8. The second kappa shape index (κ2) is 12.6. The van der Waals surface area contributed by atoms with Crippen molar-refractivity contribution in [3.05, 3.63) is 182 Å². The Morgan fingerprint density at radius 3 is 1.75 bits per heavy atom. The van der Waals surface area contributed by atoms with Gasteiger partial charge in [0.25, 0.3) is 0 Å². The molecule has 5 heteroatoms. The maximum absolute atomic E-state index is 6.22. The van der Waals surface area contributed by atoms with Gasteiger partial charge in [-0.25, -0.2) is 15.0 Å². The molecule has 0 aliphatic carbocycles. The summed E-state index contributed by atoms with van der Waals surface area (Å²) in [5, 5.41) is 8.12. The highest BCUT2D eigenvalue weighted by Gasteiger charge is 2.17. The molecule has 3 heterocycles. The molecule has 0 saturated heterocycles. The molecule has 0 aliphatic rings. The Balaban J connectivity index is 1.03. The van der Waals surface area contributed by atoms with E-state index in [2.05, 4.69) is 115 Å². The Bertz CT molecular complexity index is 3260. The lowest BCUT2D eigenvalue weighted by molar-refractivity contribution is 0.669. The SMILES string of the molecule is c1ccc(-c2nc(-c3ccc(-c4cc5cnc6ccccc6c5c5ccccc45)cc3)nc(-c3cccc(-c4cccc5oc6ccccc6c45)c3)n2)cc1. The van der Waals surface area contributed by atoms with Gasteiger partial charge in [-0.15, -0.1) is 0 Å². The summed E-state index contributed by atoms with van der Waals surface area (Å²) in [5.74, 6) is 1.85. The molecule has 0 fully saturated rings. The molecule has 3 aromatic heterocycles. The molecule has 0 saturated carbocycles. The number of benzene rings is 8. The average Bonchev–Trinajstić information content (AvgIpc) is 3.65. The van der Waals surface area contributed by atoms with Crippen LogP contribution in [0.15, 0.2) is 187 Å². The summed E-state index contributed by atoms with van der Waals surface area (Å²) in [6.07, 6.45) is 1.99. The molecular formula is C50H30N4O. The van der Waals surface area contributed by atoms with Crippen molar-refractivity contribution in [3.63, 3.8) is 0 Å². The molecule has 55 heavy (non-hydrogen) atoms. The third-order valence-electron chi connectivity index (χ3n) is 10.5. The monoisotopic (exact) mass is 702 g/mol. The van der Waals surface area contributed by atoms with Gasteiger partial charge < -0.3 is 4.42 Å². The predicted molar refractivity (Wildman–Crippen MR) is 225 cm³/mol. The van der Waals surface area contributed by atoms with Crippen molar-refractivity contribution >= 4 is 54.4 Å². The molecule has 11 rings (SSSR count). The average molecular weight is 703 g/mol. The highest BCUT2D eigenvalue weighted by molar-refractivity contribution is 6.22. The van der Waals surface area contributed by atoms with E-state index in [1.807, 2.05) is 66.9 Å². The fourth-order valence-electron chi connectivity index (χ4n) is 7.97. The second-order valence-corrected chi connectivity index (χ2v) is 13.8. The Labute approximate surface area is 316 Å². The Kier molecular flexibility index (Phi) is 7.10. The molecule has 256 valence electrons. The highest BCUT2D eigenvalue weighted by Crippen LogP contribution is 2.40. The van der Waals surface area contributed by atoms with Gasteiger partial charge in [0.2, 0.25) is 0 Å². The van der Waals surface area contributed by atoms with Crippen LogP contribution in [0.5, 0.6) is 0 Å². The van der Waals surface area contributed by atoms with Crippen molar-refractivity contribution in [1.82, 2.24) is 19.9 Å². The van der Waals surface area contributed by atoms with Crippen molar-refractivity contribution in [2.24, 2.45) is 0 Å². The lowest BCUT2D eigenvalue weighted by atomic mass is 9.92. The van der Waals surface area contributed by atoms with Crippen molar-refractivity contribution in [2.75, 3.05) is 0 Å². The quantitative estimate of drug-likeness (QED) is 0.167. The standard InChI is InChI=1S/C50H30N4O/c1-2-12-32(13-3-1)48-52-49(54-50(53-48)35-15-10-14-34(28-35)37-20-11-23-45-47(37)41-19-7-9-22-44(41)55-45)33-26-24-31(25-27-33)42-29-36-30-51-43-21-8-6-18-40(43)46(36)39-17-5-4-16-38(39)42/h1-30H. The first kappa shape index (κ1) is 31.1. The van der Waals surface area contributed by atoms with Crippen molar-refractivity contribution in [3.8, 4) is 56.4 Å². The summed E-state index contributed by atoms with van der Waals surface area (Å²) in [5.41, 5.74) is 9.92. The van der Waals surface area contributed by atoms with Gasteiger partial charge in [0.05, 0.1) is 5.52 Å². The van der Waals surface area contributed by atoms with Gasteiger partial charge in [0.15, 0.2) is 17.5 Å². The maximum Gasteiger partial charge on any atom is 0.164 e. The molecule has 0 radical (unpaired) electrons. The van der Waals surface area contributed by atoms with Crippen LogP contribution >= 0.6 is 0 Å². The summed E-state index contributed by atoms with van der Waals surface area (Å²) < 4.78 is 6.22. The van der Waals surface area contributed by atoms with Crippen LogP contribution in [0.2, 0.25) is 0 Å². The summed E-state index contributed by atoms with van der Waals surface area (Å²) >= 11 is 0. The lowest BCUT2D eigenvalue weighted by Gasteiger charge is -2.13. The Morgan fingerprint density at radius 2 is 0.927 bits per heavy atom. The number of rotatable bonds is 5. The number of pyridine rings is 1. The minimum atomic E-state index is 0.610. The predicted octanol–water partition coefficient (Wildman–Crippen LogP) is 13.0. The summed E-state index contributed by atoms with van der Waals surface area (Å²) in [7, 11) is 0. The van der Waals surface area contributed by atoms with Gasteiger partial charge in [-0.2, -0.15) is 0 Å². The number of furan rings is 1. The molecular weight excluding hydrogens is 673 g/mol. The smallest absolute Gasteiger partial charge is 0.164 e. The van der Waals surface area contributed by atoms with E-state index in [-0.39, 0.29) is 0 Å². The van der Waals surface area contributed by atoms with Crippen molar-refractivity contribution < 1.29 is 4.42 Å². The largest absolute Gasteiger partial charge is 0.456 e. The molecule has 0 atom stereocenters. The first-order valence-corrected chi connectivity index (χ1v) is 18.4. The molecule has 0 aliphatic heterocycles. The fourth-order valence-corrected chi connectivity index (χ4v) is 7.97. The number of para-hydroxylation sites is 2. The molecule has 0 unspecified atom stereocenters. The van der Waals surface area contributed by atoms with Crippen LogP contribution in [0.4, 0.5) is 0 Å². The lowest BCUT2D eigenvalue weighted by Crippen LogP contribution is -2.00. The first-order chi connectivity index (χ1) is 27.2. The number of aromatic nitrogens is 4. The van der Waals surface area contributed by atoms with Crippen LogP contribution in [0.3, 0.4) is 0 Å². The zero-order valence-corrected chi connectivity index (χ0v) is 29.5. The zero-order valence-electron chi connectivity index (χ0n) is 29.5. The third kappa shape index (κ3) is 5.24. The van der Waals surface area contributed by atoms with E-state index in [1.54, 1.807) is 0 Å². The highest BCUT2D eigenvalue weighted by atomic mass is 16.3. The van der Waals surface area contributed by atoms with Crippen LogP contribution in [0.1, 0.15) is 0 Å². The van der Waals surface area contributed by atoms with Gasteiger partial charge in [0.1, 0.15) is 11.2 Å². The Hall–Kier alpha value is -7.50. The van der Waals surface area contributed by atoms with E-state index in [0.29, 0.717) is 17.5 Å². The van der Waals surface area contributed by atoms with E-state index in [1.165, 1.54) is 16.2 Å². The van der Waals surface area contributed by atoms with E-state index in [9.17, 15) is 0 Å². The molecule has 11 aromatic rings. The Morgan fingerprint density at radius 1 is 0.345 bits per heavy atom. The van der Waals surface area contributed by atoms with Gasteiger partial charge in [-0.3, -0.25) is 4.98 Å². The minimum Gasteiger partial charge on any atom is -0.456 e. The third-order valence-corrected chi connectivity index (χ3v) is 10.5. The van der Waals surface area contributed by atoms with Gasteiger partial charge in [0, 0.05) is 49.8 Å². The van der Waals surface area contributed by atoms with Crippen molar-refractivity contribution in [1.29, 1.82) is 0 Å². The van der Waals surface area contributed by atoms with Gasteiger partial charge in [-0.05, 0) is 63.4 Å². The number of fused-ring (bicyclic) bond motifs is 8. The van der Waals surface area contributed by atoms with E-state index < -0.39 is 0 Å². The fraction of sp³-hybridized carbons (Fsp3) is 0. The maximum atomic E-state index is 6.22. The molecule has 0 N–H and O–H groups in total. The summed E-state index contributed by atoms with van der Waals surface area (Å²) in [6, 6.07) is 60.8. The normalized spacial score (nSPS) is 11.6. The van der Waals surface area contributed by atoms with E-state index in [0.717, 1.165) is 77.2 Å². The zero-order chi connectivity index (χ0) is 36.3. The number of hydrogen-bond acceptors (Lipinski definition) is 5. The molecule has 5 nitrogen and oxygen atoms in total. The molecule has 0 amide bonds. The minimum absolute atomic E-state index is 0.610. The molecule has 0 bridgehead atoms.